The summed E-state index contributed by atoms with van der Waals surface area (Å²) in [5.74, 6) is 0. The summed E-state index contributed by atoms with van der Waals surface area (Å²) in [5.41, 5.74) is 0. The highest BCUT2D eigenvalue weighted by atomic mass is 16.5. The van der Waals surface area contributed by atoms with Crippen LogP contribution in [0.15, 0.2) is 0 Å². The van der Waals surface area contributed by atoms with Gasteiger partial charge in [-0.25, -0.2) is 4.79 Å². The fraction of sp³-hybridized carbons (Fsp3) is 0.923. The van der Waals surface area contributed by atoms with Crippen molar-refractivity contribution < 1.29 is 9.53 Å². The van der Waals surface area contributed by atoms with Crippen molar-refractivity contribution in [1.29, 1.82) is 0 Å². The lowest BCUT2D eigenvalue weighted by Crippen LogP contribution is -2.49. The van der Waals surface area contributed by atoms with Crippen LogP contribution < -0.4 is 10.6 Å². The van der Waals surface area contributed by atoms with Crippen molar-refractivity contribution in [2.24, 2.45) is 0 Å². The van der Waals surface area contributed by atoms with Gasteiger partial charge in [-0.15, -0.1) is 0 Å². The third-order valence-electron chi connectivity index (χ3n) is 3.77. The molecule has 18 heavy (non-hydrogen) atoms. The van der Waals surface area contributed by atoms with Crippen molar-refractivity contribution in [2.75, 3.05) is 33.3 Å². The van der Waals surface area contributed by atoms with Crippen molar-refractivity contribution in [3.8, 4) is 0 Å². The van der Waals surface area contributed by atoms with Gasteiger partial charge in [0.05, 0.1) is 12.7 Å². The Morgan fingerprint density at radius 2 is 2.11 bits per heavy atom. The highest BCUT2D eigenvalue weighted by molar-refractivity contribution is 5.74. The molecule has 0 aromatic heterocycles. The molecular formula is C13H25N3O2. The number of rotatable bonds is 3. The number of carbonyl (C=O) groups excluding carboxylic acids is 1. The molecule has 1 saturated heterocycles. The standard InChI is InChI=1S/C13H25N3O2/c1-16-7-8-18-12(10-16)9-14-13(17)15-11-5-3-2-4-6-11/h11-12H,2-10H2,1H3,(H2,14,15,17). The molecule has 2 amide bonds. The molecule has 2 N–H and O–H groups in total. The minimum Gasteiger partial charge on any atom is -0.374 e. The quantitative estimate of drug-likeness (QED) is 0.789. The Morgan fingerprint density at radius 1 is 1.33 bits per heavy atom. The van der Waals surface area contributed by atoms with Crippen LogP contribution in [-0.2, 0) is 4.74 Å². The molecule has 1 atom stereocenters. The second-order valence-corrected chi connectivity index (χ2v) is 5.44. The monoisotopic (exact) mass is 255 g/mol. The van der Waals surface area contributed by atoms with Crippen LogP contribution in [-0.4, -0.2) is 56.4 Å². The minimum atomic E-state index is -0.0428. The third kappa shape index (κ3) is 4.46. The number of urea groups is 1. The topological polar surface area (TPSA) is 53.6 Å². The number of hydrogen-bond donors (Lipinski definition) is 2. The number of morpholine rings is 1. The van der Waals surface area contributed by atoms with E-state index in [4.69, 9.17) is 4.74 Å². The smallest absolute Gasteiger partial charge is 0.315 e. The van der Waals surface area contributed by atoms with Gasteiger partial charge in [0.1, 0.15) is 0 Å². The number of carbonyl (C=O) groups is 1. The van der Waals surface area contributed by atoms with E-state index in [1.165, 1.54) is 19.3 Å². The molecule has 104 valence electrons. The molecule has 1 aliphatic carbocycles. The first-order valence-corrected chi connectivity index (χ1v) is 7.08. The van der Waals surface area contributed by atoms with E-state index in [9.17, 15) is 4.79 Å². The zero-order valence-electron chi connectivity index (χ0n) is 11.3. The second-order valence-electron chi connectivity index (χ2n) is 5.44. The number of ether oxygens (including phenoxy) is 1. The van der Waals surface area contributed by atoms with Crippen LogP contribution >= 0.6 is 0 Å². The fourth-order valence-corrected chi connectivity index (χ4v) is 2.68. The van der Waals surface area contributed by atoms with E-state index in [2.05, 4.69) is 22.6 Å². The maximum Gasteiger partial charge on any atom is 0.315 e. The van der Waals surface area contributed by atoms with Crippen LogP contribution in [0.4, 0.5) is 4.79 Å². The summed E-state index contributed by atoms with van der Waals surface area (Å²) in [6.07, 6.45) is 6.15. The molecule has 5 nitrogen and oxygen atoms in total. The lowest BCUT2D eigenvalue weighted by Gasteiger charge is -2.30. The van der Waals surface area contributed by atoms with E-state index in [1.54, 1.807) is 0 Å². The predicted octanol–water partition coefficient (Wildman–Crippen LogP) is 0.949. The molecule has 1 unspecified atom stereocenters. The fourth-order valence-electron chi connectivity index (χ4n) is 2.68. The highest BCUT2D eigenvalue weighted by Crippen LogP contribution is 2.17. The van der Waals surface area contributed by atoms with Crippen LogP contribution in [0.2, 0.25) is 0 Å². The maximum absolute atomic E-state index is 11.7. The lowest BCUT2D eigenvalue weighted by molar-refractivity contribution is -0.0168. The van der Waals surface area contributed by atoms with Gasteiger partial charge in [-0.05, 0) is 19.9 Å². The van der Waals surface area contributed by atoms with Crippen LogP contribution in [0.3, 0.4) is 0 Å². The van der Waals surface area contributed by atoms with Crippen LogP contribution in [0.5, 0.6) is 0 Å². The first-order chi connectivity index (χ1) is 8.74. The van der Waals surface area contributed by atoms with Crippen molar-refractivity contribution in [2.45, 2.75) is 44.2 Å². The van der Waals surface area contributed by atoms with Gasteiger partial charge in [0, 0.05) is 25.7 Å². The highest BCUT2D eigenvalue weighted by Gasteiger charge is 2.19. The van der Waals surface area contributed by atoms with E-state index in [1.807, 2.05) is 0 Å². The van der Waals surface area contributed by atoms with Gasteiger partial charge < -0.3 is 20.3 Å². The van der Waals surface area contributed by atoms with Crippen molar-refractivity contribution in [3.05, 3.63) is 0 Å². The summed E-state index contributed by atoms with van der Waals surface area (Å²) in [6, 6.07) is 0.326. The van der Waals surface area contributed by atoms with Gasteiger partial charge in [0.25, 0.3) is 0 Å². The Hall–Kier alpha value is -0.810. The summed E-state index contributed by atoms with van der Waals surface area (Å²) in [6.45, 7) is 3.23. The molecule has 5 heteroatoms. The molecule has 0 aromatic rings. The normalized spacial score (nSPS) is 26.8. The lowest BCUT2D eigenvalue weighted by atomic mass is 9.96. The average Bonchev–Trinajstić information content (AvgIpc) is 2.38. The van der Waals surface area contributed by atoms with Crippen LogP contribution in [0.25, 0.3) is 0 Å². The van der Waals surface area contributed by atoms with Gasteiger partial charge in [0.2, 0.25) is 0 Å². The summed E-state index contributed by atoms with van der Waals surface area (Å²) in [7, 11) is 2.08. The van der Waals surface area contributed by atoms with E-state index in [0.717, 1.165) is 32.5 Å². The Labute approximate surface area is 109 Å². The summed E-state index contributed by atoms with van der Waals surface area (Å²) >= 11 is 0. The van der Waals surface area contributed by atoms with E-state index in [0.29, 0.717) is 12.6 Å². The number of amides is 2. The largest absolute Gasteiger partial charge is 0.374 e. The Kier molecular flexibility index (Phi) is 5.26. The van der Waals surface area contributed by atoms with E-state index >= 15 is 0 Å². The Bertz CT molecular complexity index is 267. The Morgan fingerprint density at radius 3 is 2.83 bits per heavy atom. The maximum atomic E-state index is 11.7. The molecule has 1 aliphatic heterocycles. The average molecular weight is 255 g/mol. The van der Waals surface area contributed by atoms with Crippen LogP contribution in [0, 0.1) is 0 Å². The minimum absolute atomic E-state index is 0.0428. The van der Waals surface area contributed by atoms with Crippen molar-refractivity contribution in [3.63, 3.8) is 0 Å². The van der Waals surface area contributed by atoms with Gasteiger partial charge in [-0.3, -0.25) is 0 Å². The van der Waals surface area contributed by atoms with E-state index < -0.39 is 0 Å². The van der Waals surface area contributed by atoms with E-state index in [-0.39, 0.29) is 12.1 Å². The molecule has 1 saturated carbocycles. The first kappa shape index (κ1) is 13.6. The predicted molar refractivity (Wildman–Crippen MR) is 70.6 cm³/mol. The third-order valence-corrected chi connectivity index (χ3v) is 3.77. The molecular weight excluding hydrogens is 230 g/mol. The Balaban J connectivity index is 1.61. The number of likely N-dealkylation sites (N-methyl/N-ethyl adjacent to an activating group) is 1. The summed E-state index contributed by atoms with van der Waals surface area (Å²) in [5, 5.41) is 5.97. The molecule has 0 aromatic carbocycles. The van der Waals surface area contributed by atoms with Gasteiger partial charge in [0.15, 0.2) is 0 Å². The zero-order chi connectivity index (χ0) is 12.8. The van der Waals surface area contributed by atoms with Crippen LogP contribution in [0.1, 0.15) is 32.1 Å². The summed E-state index contributed by atoms with van der Waals surface area (Å²) in [4.78, 5) is 14.0. The first-order valence-electron chi connectivity index (χ1n) is 7.08. The zero-order valence-corrected chi connectivity index (χ0v) is 11.3. The van der Waals surface area contributed by atoms with Gasteiger partial charge >= 0.3 is 6.03 Å². The molecule has 0 spiro atoms. The van der Waals surface area contributed by atoms with Gasteiger partial charge in [-0.2, -0.15) is 0 Å². The molecule has 2 fully saturated rings. The van der Waals surface area contributed by atoms with Crippen molar-refractivity contribution >= 4 is 6.03 Å². The molecule has 1 heterocycles. The molecule has 2 rings (SSSR count). The molecule has 0 radical (unpaired) electrons. The SMILES string of the molecule is CN1CCOC(CNC(=O)NC2CCCCC2)C1. The molecule has 0 bridgehead atoms. The second kappa shape index (κ2) is 6.95. The molecule has 2 aliphatic rings. The summed E-state index contributed by atoms with van der Waals surface area (Å²) < 4.78 is 5.60. The number of hydrogen-bond acceptors (Lipinski definition) is 3. The number of nitrogens with zero attached hydrogens (tertiary/aromatic N) is 1. The number of nitrogens with one attached hydrogen (secondary N) is 2. The van der Waals surface area contributed by atoms with Gasteiger partial charge in [-0.1, -0.05) is 19.3 Å². The van der Waals surface area contributed by atoms with Crippen molar-refractivity contribution in [1.82, 2.24) is 15.5 Å².